The summed E-state index contributed by atoms with van der Waals surface area (Å²) in [6.45, 7) is 2.17. The number of carbonyl (C=O) groups is 1. The predicted octanol–water partition coefficient (Wildman–Crippen LogP) is 1.32. The molecule has 0 aliphatic carbocycles. The van der Waals surface area contributed by atoms with E-state index in [1.165, 1.54) is 0 Å². The fourth-order valence-electron chi connectivity index (χ4n) is 2.14. The molecule has 10 heteroatoms. The van der Waals surface area contributed by atoms with Crippen molar-refractivity contribution in [3.63, 3.8) is 0 Å². The molecule has 0 unspecified atom stereocenters. The molecule has 3 rings (SSSR count). The summed E-state index contributed by atoms with van der Waals surface area (Å²) in [7, 11) is 0. The van der Waals surface area contributed by atoms with Crippen LogP contribution in [0.3, 0.4) is 0 Å². The normalized spacial score (nSPS) is 10.8. The van der Waals surface area contributed by atoms with Gasteiger partial charge in [-0.2, -0.15) is 5.21 Å². The zero-order valence-electron chi connectivity index (χ0n) is 12.9. The molecule has 0 atom stereocenters. The highest BCUT2D eigenvalue weighted by Crippen LogP contribution is 2.21. The van der Waals surface area contributed by atoms with E-state index >= 15 is 0 Å². The highest BCUT2D eigenvalue weighted by Gasteiger charge is 2.18. The summed E-state index contributed by atoms with van der Waals surface area (Å²) in [5.74, 6) is 0.711. The Morgan fingerprint density at radius 2 is 2.21 bits per heavy atom. The van der Waals surface area contributed by atoms with Gasteiger partial charge < -0.3 is 5.32 Å². The minimum atomic E-state index is -0.414. The molecule has 3 aromatic rings. The summed E-state index contributed by atoms with van der Waals surface area (Å²) in [5.41, 5.74) is 0.687. The lowest BCUT2D eigenvalue weighted by molar-refractivity contribution is 0.0939. The highest BCUT2D eigenvalue weighted by atomic mass is 35.5. The van der Waals surface area contributed by atoms with Gasteiger partial charge in [-0.1, -0.05) is 35.9 Å². The van der Waals surface area contributed by atoms with Crippen molar-refractivity contribution in [2.45, 2.75) is 26.3 Å². The lowest BCUT2D eigenvalue weighted by atomic mass is 10.3. The number of aryl methyl sites for hydroxylation is 1. The number of aromatic amines is 1. The minimum Gasteiger partial charge on any atom is -0.342 e. The third kappa shape index (κ3) is 3.40. The maximum atomic E-state index is 12.3. The fourth-order valence-corrected chi connectivity index (χ4v) is 2.35. The van der Waals surface area contributed by atoms with Crippen molar-refractivity contribution >= 4 is 17.5 Å². The van der Waals surface area contributed by atoms with E-state index in [2.05, 4.69) is 36.0 Å². The van der Waals surface area contributed by atoms with Crippen LogP contribution in [-0.2, 0) is 13.0 Å². The first-order valence-electron chi connectivity index (χ1n) is 7.40. The Balaban J connectivity index is 1.85. The van der Waals surface area contributed by atoms with E-state index in [1.807, 2.05) is 25.1 Å². The molecular weight excluding hydrogens is 332 g/mol. The molecule has 0 saturated carbocycles. The van der Waals surface area contributed by atoms with Crippen LogP contribution in [0.4, 0.5) is 0 Å². The van der Waals surface area contributed by atoms with Gasteiger partial charge in [-0.3, -0.25) is 4.79 Å². The molecule has 0 fully saturated rings. The molecule has 0 spiro atoms. The average Bonchev–Trinajstić information content (AvgIpc) is 3.23. The van der Waals surface area contributed by atoms with Crippen LogP contribution < -0.4 is 5.32 Å². The van der Waals surface area contributed by atoms with Crippen molar-refractivity contribution in [1.82, 2.24) is 40.7 Å². The van der Waals surface area contributed by atoms with Crippen LogP contribution in [0.1, 0.15) is 35.6 Å². The number of rotatable bonds is 6. The van der Waals surface area contributed by atoms with Gasteiger partial charge in [0.1, 0.15) is 5.82 Å². The molecule has 0 radical (unpaired) electrons. The molecule has 1 aromatic carbocycles. The second-order valence-electron chi connectivity index (χ2n) is 4.98. The van der Waals surface area contributed by atoms with Crippen LogP contribution in [0.15, 0.2) is 24.3 Å². The first-order valence-corrected chi connectivity index (χ1v) is 7.78. The Kier molecular flexibility index (Phi) is 4.80. The fraction of sp³-hybridized carbons (Fsp3) is 0.286. The van der Waals surface area contributed by atoms with Crippen LogP contribution >= 0.6 is 11.6 Å². The molecule has 2 N–H and O–H groups in total. The number of tetrazole rings is 1. The summed E-state index contributed by atoms with van der Waals surface area (Å²) in [6.07, 6.45) is 1.55. The van der Waals surface area contributed by atoms with Gasteiger partial charge in [0, 0.05) is 6.42 Å². The summed E-state index contributed by atoms with van der Waals surface area (Å²) in [4.78, 5) is 16.6. The van der Waals surface area contributed by atoms with E-state index in [1.54, 1.807) is 10.7 Å². The van der Waals surface area contributed by atoms with Gasteiger partial charge >= 0.3 is 0 Å². The maximum absolute atomic E-state index is 12.3. The number of amides is 1. The van der Waals surface area contributed by atoms with E-state index in [4.69, 9.17) is 11.6 Å². The quantitative estimate of drug-likeness (QED) is 0.695. The first kappa shape index (κ1) is 16.1. The monoisotopic (exact) mass is 346 g/mol. The van der Waals surface area contributed by atoms with Gasteiger partial charge in [-0.25, -0.2) is 9.67 Å². The van der Waals surface area contributed by atoms with Crippen LogP contribution in [0, 0.1) is 0 Å². The number of H-pyrrole nitrogens is 1. The Morgan fingerprint density at radius 3 is 2.92 bits per heavy atom. The van der Waals surface area contributed by atoms with Gasteiger partial charge in [0.15, 0.2) is 5.82 Å². The van der Waals surface area contributed by atoms with Gasteiger partial charge in [0.2, 0.25) is 5.82 Å². The van der Waals surface area contributed by atoms with Crippen molar-refractivity contribution in [2.24, 2.45) is 0 Å². The molecule has 1 amide bonds. The van der Waals surface area contributed by atoms with Crippen molar-refractivity contribution in [3.05, 3.63) is 46.8 Å². The largest absolute Gasteiger partial charge is 0.342 e. The predicted molar refractivity (Wildman–Crippen MR) is 85.7 cm³/mol. The number of halogens is 1. The Bertz CT molecular complexity index is 829. The number of nitrogens with one attached hydrogen (secondary N) is 2. The Morgan fingerprint density at radius 1 is 1.38 bits per heavy atom. The molecule has 2 heterocycles. The topological polar surface area (TPSA) is 114 Å². The minimum absolute atomic E-state index is 0.0712. The second-order valence-corrected chi connectivity index (χ2v) is 5.38. The third-order valence-corrected chi connectivity index (χ3v) is 3.55. The zero-order valence-corrected chi connectivity index (χ0v) is 13.7. The van der Waals surface area contributed by atoms with Gasteiger partial charge in [-0.05, 0) is 18.6 Å². The maximum Gasteiger partial charge on any atom is 0.291 e. The standard InChI is InChI=1S/C14H15ClN8O/c1-2-5-12-17-13(14(24)16-8-11-18-21-22-19-11)20-23(12)10-7-4-3-6-9(10)15/h3-4,6-7H,2,5,8H2,1H3,(H,16,24)(H,18,19,21,22). The van der Waals surface area contributed by atoms with Crippen molar-refractivity contribution in [3.8, 4) is 5.69 Å². The number of benzene rings is 1. The molecule has 24 heavy (non-hydrogen) atoms. The molecule has 9 nitrogen and oxygen atoms in total. The third-order valence-electron chi connectivity index (χ3n) is 3.23. The lowest BCUT2D eigenvalue weighted by Gasteiger charge is -2.06. The summed E-state index contributed by atoms with van der Waals surface area (Å²) in [6, 6.07) is 7.29. The summed E-state index contributed by atoms with van der Waals surface area (Å²) < 4.78 is 1.61. The molecule has 0 bridgehead atoms. The molecule has 0 saturated heterocycles. The molecular formula is C14H15ClN8O. The number of hydrogen-bond acceptors (Lipinski definition) is 6. The molecule has 0 aliphatic heterocycles. The lowest BCUT2D eigenvalue weighted by Crippen LogP contribution is -2.24. The van der Waals surface area contributed by atoms with E-state index in [0.29, 0.717) is 28.8 Å². The number of nitrogens with zero attached hydrogens (tertiary/aromatic N) is 6. The van der Waals surface area contributed by atoms with Gasteiger partial charge in [0.05, 0.1) is 17.3 Å². The number of carbonyl (C=O) groups excluding carboxylic acids is 1. The van der Waals surface area contributed by atoms with Gasteiger partial charge in [0.25, 0.3) is 5.91 Å². The molecule has 0 aliphatic rings. The van der Waals surface area contributed by atoms with Crippen molar-refractivity contribution in [1.29, 1.82) is 0 Å². The van der Waals surface area contributed by atoms with Crippen LogP contribution in [-0.4, -0.2) is 41.3 Å². The van der Waals surface area contributed by atoms with E-state index in [-0.39, 0.29) is 12.4 Å². The van der Waals surface area contributed by atoms with E-state index < -0.39 is 5.91 Å². The van der Waals surface area contributed by atoms with Crippen LogP contribution in [0.2, 0.25) is 5.02 Å². The van der Waals surface area contributed by atoms with E-state index in [9.17, 15) is 4.79 Å². The molecule has 2 aromatic heterocycles. The Labute approximate surface area is 142 Å². The van der Waals surface area contributed by atoms with E-state index in [0.717, 1.165) is 6.42 Å². The smallest absolute Gasteiger partial charge is 0.291 e. The summed E-state index contributed by atoms with van der Waals surface area (Å²) >= 11 is 6.23. The number of para-hydroxylation sites is 1. The zero-order chi connectivity index (χ0) is 16.9. The van der Waals surface area contributed by atoms with Crippen LogP contribution in [0.5, 0.6) is 0 Å². The van der Waals surface area contributed by atoms with Crippen molar-refractivity contribution < 1.29 is 4.79 Å². The summed E-state index contributed by atoms with van der Waals surface area (Å²) in [5, 5.41) is 20.8. The second kappa shape index (κ2) is 7.18. The van der Waals surface area contributed by atoms with Gasteiger partial charge in [-0.15, -0.1) is 15.3 Å². The Hall–Kier alpha value is -2.81. The number of aromatic nitrogens is 7. The number of hydrogen-bond donors (Lipinski definition) is 2. The van der Waals surface area contributed by atoms with Crippen molar-refractivity contribution in [2.75, 3.05) is 0 Å². The molecule has 124 valence electrons. The highest BCUT2D eigenvalue weighted by molar-refractivity contribution is 6.32. The average molecular weight is 347 g/mol. The van der Waals surface area contributed by atoms with Crippen LogP contribution in [0.25, 0.3) is 5.69 Å². The SMILES string of the molecule is CCCc1nc(C(=O)NCc2nn[nH]n2)nn1-c1ccccc1Cl. The first-order chi connectivity index (χ1) is 11.7.